The summed E-state index contributed by atoms with van der Waals surface area (Å²) in [4.78, 5) is 9.44. The highest BCUT2D eigenvalue weighted by molar-refractivity contribution is 5.01. The normalized spacial score (nSPS) is 24.6. The van der Waals surface area contributed by atoms with Crippen LogP contribution in [0.25, 0.3) is 0 Å². The van der Waals surface area contributed by atoms with E-state index in [0.717, 1.165) is 57.7 Å². The molecular formula is C15H26N4O2. The van der Waals surface area contributed by atoms with Crippen LogP contribution in [0.3, 0.4) is 0 Å². The van der Waals surface area contributed by atoms with Gasteiger partial charge in [0.05, 0.1) is 13.2 Å². The molecule has 1 aromatic rings. The van der Waals surface area contributed by atoms with Crippen molar-refractivity contribution >= 4 is 0 Å². The molecule has 0 N–H and O–H groups in total. The molecule has 0 bridgehead atoms. The zero-order valence-corrected chi connectivity index (χ0v) is 13.1. The first kappa shape index (κ1) is 14.9. The lowest BCUT2D eigenvalue weighted by molar-refractivity contribution is 0.0455. The second-order valence-corrected chi connectivity index (χ2v) is 6.14. The minimum Gasteiger partial charge on any atom is -0.380 e. The molecule has 2 fully saturated rings. The Labute approximate surface area is 126 Å². The van der Waals surface area contributed by atoms with Gasteiger partial charge in [-0.3, -0.25) is 9.80 Å². The molecule has 0 spiro atoms. The maximum absolute atomic E-state index is 5.45. The Morgan fingerprint density at radius 2 is 2.19 bits per heavy atom. The molecule has 1 aliphatic heterocycles. The highest BCUT2D eigenvalue weighted by Gasteiger charge is 2.30. The molecule has 2 aliphatic rings. The number of rotatable bonds is 7. The summed E-state index contributed by atoms with van der Waals surface area (Å²) in [6, 6.07) is 0.550. The third-order valence-corrected chi connectivity index (χ3v) is 4.35. The Balaban J connectivity index is 1.45. The molecule has 118 valence electrons. The molecule has 1 aromatic heterocycles. The van der Waals surface area contributed by atoms with Crippen LogP contribution in [0, 0.1) is 0 Å². The fourth-order valence-electron chi connectivity index (χ4n) is 2.90. The Kier molecular flexibility index (Phi) is 4.87. The smallest absolute Gasteiger partial charge is 0.229 e. The quantitative estimate of drug-likeness (QED) is 0.710. The Hall–Kier alpha value is -0.980. The lowest BCUT2D eigenvalue weighted by Gasteiger charge is -2.39. The fraction of sp³-hybridized carbons (Fsp3) is 0.867. The molecular weight excluding hydrogens is 268 g/mol. The van der Waals surface area contributed by atoms with E-state index in [1.807, 2.05) is 6.92 Å². The van der Waals surface area contributed by atoms with Gasteiger partial charge in [0.25, 0.3) is 0 Å². The highest BCUT2D eigenvalue weighted by Crippen LogP contribution is 2.38. The molecule has 0 aromatic carbocycles. The number of ether oxygens (including phenoxy) is 1. The first-order valence-corrected chi connectivity index (χ1v) is 8.13. The van der Waals surface area contributed by atoms with E-state index in [4.69, 9.17) is 9.26 Å². The monoisotopic (exact) mass is 294 g/mol. The number of aromatic nitrogens is 2. The predicted octanol–water partition coefficient (Wildman–Crippen LogP) is 1.49. The van der Waals surface area contributed by atoms with E-state index in [9.17, 15) is 0 Å². The Morgan fingerprint density at radius 1 is 1.33 bits per heavy atom. The number of piperazine rings is 1. The van der Waals surface area contributed by atoms with Gasteiger partial charge in [-0.15, -0.1) is 0 Å². The van der Waals surface area contributed by atoms with E-state index in [1.165, 1.54) is 12.8 Å². The third kappa shape index (κ3) is 4.02. The van der Waals surface area contributed by atoms with E-state index in [2.05, 4.69) is 26.9 Å². The number of nitrogens with zero attached hydrogens (tertiary/aromatic N) is 4. The standard InChI is InChI=1S/C15H26N4O2/c1-3-20-9-8-19-7-6-18(10-12(19)2)11-14-16-15(21-17-14)13-4-5-13/h12-13H,3-11H2,1-2H3/t12-/m0/s1. The van der Waals surface area contributed by atoms with Crippen LogP contribution in [0.2, 0.25) is 0 Å². The van der Waals surface area contributed by atoms with Crippen molar-refractivity contribution in [2.75, 3.05) is 39.4 Å². The summed E-state index contributed by atoms with van der Waals surface area (Å²) in [5, 5.41) is 4.11. The molecule has 1 saturated heterocycles. The minimum absolute atomic E-state index is 0.542. The molecule has 2 heterocycles. The summed E-state index contributed by atoms with van der Waals surface area (Å²) < 4.78 is 10.8. The number of hydrogen-bond donors (Lipinski definition) is 0. The molecule has 21 heavy (non-hydrogen) atoms. The van der Waals surface area contributed by atoms with Crippen molar-refractivity contribution in [3.05, 3.63) is 11.7 Å². The molecule has 0 amide bonds. The average Bonchev–Trinajstić information content (AvgIpc) is 3.22. The SMILES string of the molecule is CCOCCN1CCN(Cc2noc(C3CC3)n2)C[C@@H]1C. The van der Waals surface area contributed by atoms with Crippen molar-refractivity contribution in [1.82, 2.24) is 19.9 Å². The highest BCUT2D eigenvalue weighted by atomic mass is 16.5. The van der Waals surface area contributed by atoms with Crippen molar-refractivity contribution in [3.8, 4) is 0 Å². The van der Waals surface area contributed by atoms with Gasteiger partial charge in [-0.25, -0.2) is 0 Å². The molecule has 6 nitrogen and oxygen atoms in total. The van der Waals surface area contributed by atoms with Crippen molar-refractivity contribution in [1.29, 1.82) is 0 Å². The first-order chi connectivity index (χ1) is 10.3. The van der Waals surface area contributed by atoms with Gasteiger partial charge in [0.1, 0.15) is 0 Å². The molecule has 0 unspecified atom stereocenters. The van der Waals surface area contributed by atoms with Gasteiger partial charge in [-0.1, -0.05) is 5.16 Å². The summed E-state index contributed by atoms with van der Waals surface area (Å²) in [6.45, 7) is 11.0. The van der Waals surface area contributed by atoms with Crippen molar-refractivity contribution in [2.24, 2.45) is 0 Å². The predicted molar refractivity (Wildman–Crippen MR) is 79.1 cm³/mol. The van der Waals surface area contributed by atoms with E-state index in [0.29, 0.717) is 12.0 Å². The van der Waals surface area contributed by atoms with Gasteiger partial charge in [0.2, 0.25) is 5.89 Å². The van der Waals surface area contributed by atoms with Crippen molar-refractivity contribution in [3.63, 3.8) is 0 Å². The van der Waals surface area contributed by atoms with Crippen LogP contribution in [-0.4, -0.2) is 65.4 Å². The summed E-state index contributed by atoms with van der Waals surface area (Å²) >= 11 is 0. The Morgan fingerprint density at radius 3 is 2.90 bits per heavy atom. The van der Waals surface area contributed by atoms with Crippen LogP contribution in [-0.2, 0) is 11.3 Å². The van der Waals surface area contributed by atoms with Gasteiger partial charge in [0.15, 0.2) is 5.82 Å². The summed E-state index contributed by atoms with van der Waals surface area (Å²) in [6.07, 6.45) is 2.41. The molecule has 1 aliphatic carbocycles. The van der Waals surface area contributed by atoms with Crippen LogP contribution in [0.1, 0.15) is 44.3 Å². The topological polar surface area (TPSA) is 54.6 Å². The maximum Gasteiger partial charge on any atom is 0.229 e. The summed E-state index contributed by atoms with van der Waals surface area (Å²) in [7, 11) is 0. The van der Waals surface area contributed by atoms with Crippen LogP contribution in [0.15, 0.2) is 4.52 Å². The zero-order chi connectivity index (χ0) is 14.7. The largest absolute Gasteiger partial charge is 0.380 e. The molecule has 1 saturated carbocycles. The van der Waals surface area contributed by atoms with Gasteiger partial charge in [-0.2, -0.15) is 4.98 Å². The van der Waals surface area contributed by atoms with Gasteiger partial charge < -0.3 is 9.26 Å². The van der Waals surface area contributed by atoms with Crippen LogP contribution in [0.5, 0.6) is 0 Å². The van der Waals surface area contributed by atoms with Crippen molar-refractivity contribution < 1.29 is 9.26 Å². The minimum atomic E-state index is 0.542. The summed E-state index contributed by atoms with van der Waals surface area (Å²) in [5.41, 5.74) is 0. The maximum atomic E-state index is 5.45. The fourth-order valence-corrected chi connectivity index (χ4v) is 2.90. The lowest BCUT2D eigenvalue weighted by Crippen LogP contribution is -2.52. The lowest BCUT2D eigenvalue weighted by atomic mass is 10.2. The van der Waals surface area contributed by atoms with E-state index < -0.39 is 0 Å². The number of hydrogen-bond acceptors (Lipinski definition) is 6. The van der Waals surface area contributed by atoms with E-state index in [1.54, 1.807) is 0 Å². The third-order valence-electron chi connectivity index (χ3n) is 4.35. The van der Waals surface area contributed by atoms with Crippen LogP contribution >= 0.6 is 0 Å². The van der Waals surface area contributed by atoms with Gasteiger partial charge in [-0.05, 0) is 26.7 Å². The van der Waals surface area contributed by atoms with Crippen LogP contribution < -0.4 is 0 Å². The average molecular weight is 294 g/mol. The summed E-state index contributed by atoms with van der Waals surface area (Å²) in [5.74, 6) is 2.22. The first-order valence-electron chi connectivity index (χ1n) is 8.13. The molecule has 3 rings (SSSR count). The van der Waals surface area contributed by atoms with Crippen molar-refractivity contribution in [2.45, 2.75) is 45.2 Å². The van der Waals surface area contributed by atoms with Gasteiger partial charge in [0, 0.05) is 44.7 Å². The second kappa shape index (κ2) is 6.85. The van der Waals surface area contributed by atoms with E-state index >= 15 is 0 Å². The zero-order valence-electron chi connectivity index (χ0n) is 13.1. The van der Waals surface area contributed by atoms with E-state index in [-0.39, 0.29) is 0 Å². The molecule has 1 atom stereocenters. The molecule has 6 heteroatoms. The van der Waals surface area contributed by atoms with Gasteiger partial charge >= 0.3 is 0 Å². The molecule has 0 radical (unpaired) electrons. The van der Waals surface area contributed by atoms with Crippen LogP contribution in [0.4, 0.5) is 0 Å². The second-order valence-electron chi connectivity index (χ2n) is 6.14. The Bertz CT molecular complexity index is 447.